The molecule has 0 bridgehead atoms. The van der Waals surface area contributed by atoms with Crippen LogP contribution in [0.1, 0.15) is 5.56 Å². The Morgan fingerprint density at radius 3 is 2.00 bits per heavy atom. The monoisotopic (exact) mass is 242 g/mol. The lowest BCUT2D eigenvalue weighted by molar-refractivity contribution is -0.170. The summed E-state index contributed by atoms with van der Waals surface area (Å²) in [4.78, 5) is 10.5. The molecule has 0 atom stereocenters. The predicted molar refractivity (Wildman–Crippen MR) is 41.1 cm³/mol. The summed E-state index contributed by atoms with van der Waals surface area (Å²) in [6.07, 6.45) is -6.48. The highest BCUT2D eigenvalue weighted by atomic mass is 19.4. The Bertz CT molecular complexity index is 423. The average Bonchev–Trinajstić information content (AvgIpc) is 2.12. The van der Waals surface area contributed by atoms with E-state index in [9.17, 15) is 31.1 Å². The molecular weight excluding hydrogens is 238 g/mol. The van der Waals surface area contributed by atoms with Crippen LogP contribution in [0.4, 0.5) is 26.3 Å². The Balaban J connectivity index is 2.99. The quantitative estimate of drug-likeness (QED) is 0.575. The van der Waals surface area contributed by atoms with E-state index in [2.05, 4.69) is 0 Å². The summed E-state index contributed by atoms with van der Waals surface area (Å²) in [6, 6.07) is 0.322. The number of halogens is 6. The Hall–Kier alpha value is -1.53. The fraction of sp³-hybridized carbons (Fsp3) is 0.222. The number of Topliss-reactive ketones (excluding diaryl/α,β-unsaturated/α-hetero) is 1. The minimum atomic E-state index is -5.13. The lowest BCUT2D eigenvalue weighted by Gasteiger charge is -2.06. The lowest BCUT2D eigenvalue weighted by Crippen LogP contribution is -2.25. The summed E-state index contributed by atoms with van der Waals surface area (Å²) in [5.41, 5.74) is -0.832. The van der Waals surface area contributed by atoms with Crippen LogP contribution >= 0.6 is 0 Å². The van der Waals surface area contributed by atoms with Gasteiger partial charge >= 0.3 is 6.18 Å². The van der Waals surface area contributed by atoms with Gasteiger partial charge in [0.1, 0.15) is 5.82 Å². The summed E-state index contributed by atoms with van der Waals surface area (Å²) in [5, 5.41) is 0. The predicted octanol–water partition coefficient (Wildman–Crippen LogP) is 2.78. The summed E-state index contributed by atoms with van der Waals surface area (Å²) in [7, 11) is 0. The first-order chi connectivity index (χ1) is 7.21. The number of alkyl halides is 3. The van der Waals surface area contributed by atoms with E-state index in [-0.39, 0.29) is 12.1 Å². The first kappa shape index (κ1) is 12.5. The van der Waals surface area contributed by atoms with Crippen LogP contribution in [0.5, 0.6) is 0 Å². The van der Waals surface area contributed by atoms with E-state index in [4.69, 9.17) is 0 Å². The maximum absolute atomic E-state index is 12.9. The van der Waals surface area contributed by atoms with Gasteiger partial charge in [0.05, 0.1) is 0 Å². The highest BCUT2D eigenvalue weighted by Crippen LogP contribution is 2.21. The van der Waals surface area contributed by atoms with Gasteiger partial charge in [-0.2, -0.15) is 13.2 Å². The summed E-state index contributed by atoms with van der Waals surface area (Å²) in [5.74, 6) is -6.65. The maximum atomic E-state index is 12.9. The molecule has 0 amide bonds. The third-order valence-electron chi connectivity index (χ3n) is 1.76. The minimum absolute atomic E-state index is 0.0916. The van der Waals surface area contributed by atoms with Crippen LogP contribution in [0.3, 0.4) is 0 Å². The fourth-order valence-electron chi connectivity index (χ4n) is 0.972. The number of ketones is 1. The van der Waals surface area contributed by atoms with Crippen molar-refractivity contribution in [2.24, 2.45) is 0 Å². The maximum Gasteiger partial charge on any atom is 0.450 e. The zero-order valence-corrected chi connectivity index (χ0v) is 7.54. The molecule has 16 heavy (non-hydrogen) atoms. The molecule has 0 aliphatic heterocycles. The molecule has 0 N–H and O–H groups in total. The van der Waals surface area contributed by atoms with E-state index in [0.29, 0.717) is 0 Å². The van der Waals surface area contributed by atoms with Gasteiger partial charge in [0, 0.05) is 12.5 Å². The molecule has 0 unspecified atom stereocenters. The van der Waals surface area contributed by atoms with Gasteiger partial charge in [-0.1, -0.05) is 0 Å². The van der Waals surface area contributed by atoms with E-state index >= 15 is 0 Å². The molecule has 0 saturated heterocycles. The van der Waals surface area contributed by atoms with Crippen LogP contribution in [0.15, 0.2) is 12.1 Å². The van der Waals surface area contributed by atoms with Gasteiger partial charge in [-0.05, 0) is 11.6 Å². The molecule has 1 rings (SSSR count). The van der Waals surface area contributed by atoms with Crippen LogP contribution in [-0.4, -0.2) is 12.0 Å². The number of hydrogen-bond acceptors (Lipinski definition) is 1. The SMILES string of the molecule is O=C(Cc1cc(F)c(F)cc1F)C(F)(F)F. The summed E-state index contributed by atoms with van der Waals surface area (Å²) in [6.45, 7) is 0. The Kier molecular flexibility index (Phi) is 3.25. The molecule has 0 aliphatic rings. The van der Waals surface area contributed by atoms with Crippen molar-refractivity contribution in [2.75, 3.05) is 0 Å². The molecule has 7 heteroatoms. The summed E-state index contributed by atoms with van der Waals surface area (Å²) < 4.78 is 73.3. The minimum Gasteiger partial charge on any atom is -0.289 e. The Labute approximate surface area is 85.7 Å². The van der Waals surface area contributed by atoms with Crippen LogP contribution in [0.2, 0.25) is 0 Å². The lowest BCUT2D eigenvalue weighted by atomic mass is 10.1. The van der Waals surface area contributed by atoms with E-state index in [1.54, 1.807) is 0 Å². The number of benzene rings is 1. The topological polar surface area (TPSA) is 17.1 Å². The second-order valence-corrected chi connectivity index (χ2v) is 2.96. The van der Waals surface area contributed by atoms with E-state index in [1.165, 1.54) is 0 Å². The molecular formula is C9H4F6O. The van der Waals surface area contributed by atoms with Gasteiger partial charge in [0.2, 0.25) is 5.78 Å². The van der Waals surface area contributed by atoms with Gasteiger partial charge in [-0.15, -0.1) is 0 Å². The van der Waals surface area contributed by atoms with E-state index < -0.39 is 41.4 Å². The molecule has 0 heterocycles. The molecule has 0 spiro atoms. The molecule has 1 nitrogen and oxygen atoms in total. The van der Waals surface area contributed by atoms with Crippen molar-refractivity contribution in [2.45, 2.75) is 12.6 Å². The normalized spacial score (nSPS) is 11.6. The van der Waals surface area contributed by atoms with Crippen molar-refractivity contribution in [1.82, 2.24) is 0 Å². The highest BCUT2D eigenvalue weighted by molar-refractivity contribution is 5.86. The molecule has 0 fully saturated rings. The average molecular weight is 242 g/mol. The van der Waals surface area contributed by atoms with Crippen molar-refractivity contribution in [3.8, 4) is 0 Å². The van der Waals surface area contributed by atoms with Gasteiger partial charge in [-0.25, -0.2) is 13.2 Å². The van der Waals surface area contributed by atoms with Gasteiger partial charge in [0.25, 0.3) is 0 Å². The van der Waals surface area contributed by atoms with E-state index in [1.807, 2.05) is 0 Å². The summed E-state index contributed by atoms with van der Waals surface area (Å²) >= 11 is 0. The number of hydrogen-bond donors (Lipinski definition) is 0. The standard InChI is InChI=1S/C9H4F6O/c10-5-3-7(12)6(11)1-4(5)2-8(16)9(13,14)15/h1,3H,2H2. The first-order valence-electron chi connectivity index (χ1n) is 3.95. The van der Waals surface area contributed by atoms with Crippen LogP contribution in [-0.2, 0) is 11.2 Å². The zero-order valence-electron chi connectivity index (χ0n) is 7.54. The molecule has 1 aromatic carbocycles. The number of rotatable bonds is 2. The smallest absolute Gasteiger partial charge is 0.289 e. The largest absolute Gasteiger partial charge is 0.450 e. The van der Waals surface area contributed by atoms with Crippen LogP contribution < -0.4 is 0 Å². The Morgan fingerprint density at radius 2 is 1.50 bits per heavy atom. The van der Waals surface area contributed by atoms with Crippen molar-refractivity contribution in [1.29, 1.82) is 0 Å². The van der Waals surface area contributed by atoms with Crippen molar-refractivity contribution in [3.05, 3.63) is 35.1 Å². The molecule has 0 radical (unpaired) electrons. The third kappa shape index (κ3) is 2.74. The van der Waals surface area contributed by atoms with Gasteiger partial charge < -0.3 is 0 Å². The van der Waals surface area contributed by atoms with Gasteiger partial charge in [0.15, 0.2) is 11.6 Å². The molecule has 0 saturated carbocycles. The third-order valence-corrected chi connectivity index (χ3v) is 1.76. The second-order valence-electron chi connectivity index (χ2n) is 2.96. The number of carbonyl (C=O) groups excluding carboxylic acids is 1. The van der Waals surface area contributed by atoms with Crippen LogP contribution in [0, 0.1) is 17.5 Å². The molecule has 0 aliphatic carbocycles. The fourth-order valence-corrected chi connectivity index (χ4v) is 0.972. The van der Waals surface area contributed by atoms with Crippen molar-refractivity contribution < 1.29 is 31.1 Å². The van der Waals surface area contributed by atoms with E-state index in [0.717, 1.165) is 0 Å². The number of carbonyl (C=O) groups is 1. The Morgan fingerprint density at radius 1 is 1.00 bits per heavy atom. The van der Waals surface area contributed by atoms with Gasteiger partial charge in [-0.3, -0.25) is 4.79 Å². The molecule has 1 aromatic rings. The second kappa shape index (κ2) is 4.15. The highest BCUT2D eigenvalue weighted by Gasteiger charge is 2.38. The zero-order chi connectivity index (χ0) is 12.5. The van der Waals surface area contributed by atoms with Crippen LogP contribution in [0.25, 0.3) is 0 Å². The first-order valence-corrected chi connectivity index (χ1v) is 3.95. The molecule has 0 aromatic heterocycles. The molecule has 88 valence electrons. The van der Waals surface area contributed by atoms with Crippen molar-refractivity contribution in [3.63, 3.8) is 0 Å². The van der Waals surface area contributed by atoms with Crippen molar-refractivity contribution >= 4 is 5.78 Å².